The molecule has 3 aliphatic heterocycles. The fraction of sp³-hybridized carbons (Fsp3) is 0.500. The molecule has 182 valence electrons. The summed E-state index contributed by atoms with van der Waals surface area (Å²) in [5, 5.41) is 0. The van der Waals surface area contributed by atoms with Crippen LogP contribution in [0.25, 0.3) is 0 Å². The van der Waals surface area contributed by atoms with Crippen LogP contribution in [-0.4, -0.2) is 73.8 Å². The number of hydrogen-bond donors (Lipinski definition) is 1. The number of H-pyrrole nitrogens is 1. The van der Waals surface area contributed by atoms with E-state index in [0.29, 0.717) is 42.3 Å². The second-order valence-corrected chi connectivity index (χ2v) is 11.8. The van der Waals surface area contributed by atoms with Gasteiger partial charge in [-0.1, -0.05) is 6.42 Å². The summed E-state index contributed by atoms with van der Waals surface area (Å²) in [5.41, 5.74) is 1.24. The summed E-state index contributed by atoms with van der Waals surface area (Å²) >= 11 is 0. The Kier molecular flexibility index (Phi) is 5.29. The fourth-order valence-electron chi connectivity index (χ4n) is 5.21. The smallest absolute Gasteiger partial charge is 0.270 e. The van der Waals surface area contributed by atoms with Crippen molar-refractivity contribution in [1.82, 2.24) is 14.2 Å². The van der Waals surface area contributed by atoms with Crippen LogP contribution in [0.1, 0.15) is 60.6 Å². The minimum Gasteiger partial charge on any atom is -0.476 e. The SMILES string of the molecule is CN1CC(c2cc(S(=O)(=O)N3CCCCC3)cc3c2OC(C)(C)C(=O)N3C)c2cc[nH]c2C1=O. The summed E-state index contributed by atoms with van der Waals surface area (Å²) in [6.45, 7) is 4.74. The number of ether oxygens (including phenoxy) is 1. The Labute approximate surface area is 199 Å². The number of anilines is 1. The molecule has 3 aliphatic rings. The molecular weight excluding hydrogens is 456 g/mol. The first kappa shape index (κ1) is 22.9. The highest BCUT2D eigenvalue weighted by atomic mass is 32.2. The van der Waals surface area contributed by atoms with Crippen LogP contribution in [-0.2, 0) is 14.8 Å². The van der Waals surface area contributed by atoms with Crippen molar-refractivity contribution >= 4 is 27.5 Å². The highest BCUT2D eigenvalue weighted by Crippen LogP contribution is 2.47. The summed E-state index contributed by atoms with van der Waals surface area (Å²) < 4.78 is 35.1. The van der Waals surface area contributed by atoms with Gasteiger partial charge >= 0.3 is 0 Å². The fourth-order valence-corrected chi connectivity index (χ4v) is 6.79. The summed E-state index contributed by atoms with van der Waals surface area (Å²) in [7, 11) is -0.397. The second-order valence-electron chi connectivity index (χ2n) is 9.85. The first-order chi connectivity index (χ1) is 16.0. The van der Waals surface area contributed by atoms with Gasteiger partial charge in [0.05, 0.1) is 10.6 Å². The lowest BCUT2D eigenvalue weighted by atomic mass is 9.86. The Hall–Kier alpha value is -2.85. The molecule has 0 radical (unpaired) electrons. The van der Waals surface area contributed by atoms with E-state index in [2.05, 4.69) is 4.98 Å². The maximum atomic E-state index is 13.6. The van der Waals surface area contributed by atoms with Gasteiger partial charge < -0.3 is 19.5 Å². The van der Waals surface area contributed by atoms with Gasteiger partial charge in [-0.3, -0.25) is 9.59 Å². The molecule has 1 aromatic heterocycles. The Balaban J connectivity index is 1.73. The average molecular weight is 487 g/mol. The molecule has 2 aromatic rings. The molecule has 2 amide bonds. The Morgan fingerprint density at radius 2 is 1.76 bits per heavy atom. The maximum absolute atomic E-state index is 13.6. The second kappa shape index (κ2) is 7.84. The number of sulfonamides is 1. The molecule has 1 aromatic carbocycles. The van der Waals surface area contributed by atoms with E-state index in [1.165, 1.54) is 9.21 Å². The van der Waals surface area contributed by atoms with Gasteiger partial charge in [-0.2, -0.15) is 4.31 Å². The van der Waals surface area contributed by atoms with Gasteiger partial charge in [0.1, 0.15) is 11.4 Å². The number of aromatic amines is 1. The van der Waals surface area contributed by atoms with E-state index >= 15 is 0 Å². The van der Waals surface area contributed by atoms with E-state index in [1.807, 2.05) is 6.07 Å². The largest absolute Gasteiger partial charge is 0.476 e. The van der Waals surface area contributed by atoms with Crippen LogP contribution < -0.4 is 9.64 Å². The Morgan fingerprint density at radius 1 is 1.06 bits per heavy atom. The number of rotatable bonds is 3. The number of fused-ring (bicyclic) bond motifs is 2. The lowest BCUT2D eigenvalue weighted by Gasteiger charge is -2.40. The van der Waals surface area contributed by atoms with Crippen LogP contribution in [0.4, 0.5) is 5.69 Å². The first-order valence-electron chi connectivity index (χ1n) is 11.6. The summed E-state index contributed by atoms with van der Waals surface area (Å²) in [6, 6.07) is 5.07. The third-order valence-corrected chi connectivity index (χ3v) is 8.99. The van der Waals surface area contributed by atoms with Gasteiger partial charge in [0.15, 0.2) is 5.60 Å². The highest BCUT2D eigenvalue weighted by molar-refractivity contribution is 7.89. The minimum absolute atomic E-state index is 0.115. The summed E-state index contributed by atoms with van der Waals surface area (Å²) in [5.74, 6) is -0.205. The number of nitrogens with zero attached hydrogens (tertiary/aromatic N) is 3. The van der Waals surface area contributed by atoms with E-state index in [4.69, 9.17) is 4.74 Å². The minimum atomic E-state index is -3.76. The molecule has 1 atom stereocenters. The number of aromatic nitrogens is 1. The van der Waals surface area contributed by atoms with Gasteiger partial charge in [-0.25, -0.2) is 8.42 Å². The zero-order valence-corrected chi connectivity index (χ0v) is 20.7. The number of benzene rings is 1. The molecule has 34 heavy (non-hydrogen) atoms. The molecule has 10 heteroatoms. The monoisotopic (exact) mass is 486 g/mol. The molecule has 1 unspecified atom stereocenters. The van der Waals surface area contributed by atoms with Crippen molar-refractivity contribution in [3.8, 4) is 5.75 Å². The van der Waals surface area contributed by atoms with E-state index in [9.17, 15) is 18.0 Å². The van der Waals surface area contributed by atoms with Crippen molar-refractivity contribution in [1.29, 1.82) is 0 Å². The van der Waals surface area contributed by atoms with Gasteiger partial charge in [0.25, 0.3) is 11.8 Å². The molecule has 1 fully saturated rings. The lowest BCUT2D eigenvalue weighted by Crippen LogP contribution is -2.51. The lowest BCUT2D eigenvalue weighted by molar-refractivity contribution is -0.132. The molecular formula is C24H30N4O5S. The maximum Gasteiger partial charge on any atom is 0.270 e. The van der Waals surface area contributed by atoms with Crippen LogP contribution in [0.2, 0.25) is 0 Å². The number of piperidine rings is 1. The predicted molar refractivity (Wildman–Crippen MR) is 127 cm³/mol. The number of carbonyl (C=O) groups excluding carboxylic acids is 2. The van der Waals surface area contributed by atoms with Gasteiger partial charge in [-0.15, -0.1) is 0 Å². The molecule has 5 rings (SSSR count). The summed E-state index contributed by atoms with van der Waals surface area (Å²) in [6.07, 6.45) is 4.39. The van der Waals surface area contributed by atoms with Gasteiger partial charge in [0.2, 0.25) is 10.0 Å². The van der Waals surface area contributed by atoms with E-state index in [0.717, 1.165) is 24.8 Å². The summed E-state index contributed by atoms with van der Waals surface area (Å²) in [4.78, 5) is 31.9. The van der Waals surface area contributed by atoms with Crippen molar-refractivity contribution in [3.63, 3.8) is 0 Å². The van der Waals surface area contributed by atoms with Crippen LogP contribution in [0.5, 0.6) is 5.75 Å². The number of hydrogen-bond acceptors (Lipinski definition) is 5. The third kappa shape index (κ3) is 3.42. The zero-order chi connectivity index (χ0) is 24.4. The van der Waals surface area contributed by atoms with E-state index < -0.39 is 15.6 Å². The van der Waals surface area contributed by atoms with Crippen molar-refractivity contribution in [2.24, 2.45) is 0 Å². The van der Waals surface area contributed by atoms with Crippen molar-refractivity contribution in [3.05, 3.63) is 41.2 Å². The van der Waals surface area contributed by atoms with Crippen LogP contribution in [0.15, 0.2) is 29.3 Å². The molecule has 0 aliphatic carbocycles. The van der Waals surface area contributed by atoms with Crippen LogP contribution in [0, 0.1) is 0 Å². The van der Waals surface area contributed by atoms with Crippen LogP contribution >= 0.6 is 0 Å². The number of likely N-dealkylation sites (N-methyl/N-ethyl adjacent to an activating group) is 2. The normalized spacial score (nSPS) is 22.9. The Bertz CT molecular complexity index is 1280. The van der Waals surface area contributed by atoms with Crippen molar-refractivity contribution < 1.29 is 22.7 Å². The predicted octanol–water partition coefficient (Wildman–Crippen LogP) is 2.54. The molecule has 4 heterocycles. The first-order valence-corrected chi connectivity index (χ1v) is 13.0. The standard InChI is InChI=1S/C24H30N4O5S/c1-24(2)23(30)27(4)19-13-15(34(31,32)28-10-6-5-7-11-28)12-17(21(19)33-24)18-14-26(3)22(29)20-16(18)8-9-25-20/h8-9,12-13,18,25H,5-7,10-11,14H2,1-4H3. The molecule has 0 spiro atoms. The topological polar surface area (TPSA) is 103 Å². The molecule has 1 N–H and O–H groups in total. The average Bonchev–Trinajstić information content (AvgIpc) is 3.30. The molecule has 1 saturated heterocycles. The molecule has 0 saturated carbocycles. The molecule has 0 bridgehead atoms. The number of carbonyl (C=O) groups is 2. The van der Waals surface area contributed by atoms with E-state index in [1.54, 1.807) is 51.2 Å². The van der Waals surface area contributed by atoms with Crippen molar-refractivity contribution in [2.45, 2.75) is 49.5 Å². The third-order valence-electron chi connectivity index (χ3n) is 7.11. The number of amides is 2. The Morgan fingerprint density at radius 3 is 2.47 bits per heavy atom. The van der Waals surface area contributed by atoms with Crippen molar-refractivity contribution in [2.75, 3.05) is 38.6 Å². The molecule has 9 nitrogen and oxygen atoms in total. The zero-order valence-electron chi connectivity index (χ0n) is 19.9. The van der Waals surface area contributed by atoms with Crippen LogP contribution in [0.3, 0.4) is 0 Å². The van der Waals surface area contributed by atoms with E-state index in [-0.39, 0.29) is 22.6 Å². The van der Waals surface area contributed by atoms with Gasteiger partial charge in [0, 0.05) is 51.4 Å². The number of nitrogens with one attached hydrogen (secondary N) is 1. The highest BCUT2D eigenvalue weighted by Gasteiger charge is 2.44. The quantitative estimate of drug-likeness (QED) is 0.718. The van der Waals surface area contributed by atoms with Gasteiger partial charge in [-0.05, 0) is 50.5 Å².